The monoisotopic (exact) mass is 226 g/mol. The molecule has 5 heteroatoms. The Morgan fingerprint density at radius 2 is 2.06 bits per heavy atom. The second-order valence-electron chi connectivity index (χ2n) is 3.87. The number of aryl methyl sites for hydroxylation is 1. The molecular weight excluding hydrogens is 207 g/mol. The highest BCUT2D eigenvalue weighted by Gasteiger charge is 2.11. The summed E-state index contributed by atoms with van der Waals surface area (Å²) in [7, 11) is 1.84. The fraction of sp³-hybridized carbons (Fsp3) is 0.636. The molecule has 1 heterocycles. The molecule has 0 aromatic carbocycles. The van der Waals surface area contributed by atoms with Gasteiger partial charge in [-0.25, -0.2) is 14.4 Å². The number of anilines is 1. The van der Waals surface area contributed by atoms with Crippen molar-refractivity contribution in [2.75, 3.05) is 25.0 Å². The van der Waals surface area contributed by atoms with Gasteiger partial charge in [0.15, 0.2) is 11.6 Å². The number of halogens is 1. The zero-order valence-electron chi connectivity index (χ0n) is 9.91. The van der Waals surface area contributed by atoms with Gasteiger partial charge in [-0.1, -0.05) is 6.42 Å². The van der Waals surface area contributed by atoms with Crippen molar-refractivity contribution >= 4 is 5.82 Å². The molecule has 90 valence electrons. The lowest BCUT2D eigenvalue weighted by molar-refractivity contribution is 0.590. The Balaban J connectivity index is 2.52. The summed E-state index contributed by atoms with van der Waals surface area (Å²) in [5.41, 5.74) is 5.79. The van der Waals surface area contributed by atoms with Gasteiger partial charge in [-0.2, -0.15) is 0 Å². The molecule has 2 N–H and O–H groups in total. The van der Waals surface area contributed by atoms with Crippen LogP contribution in [-0.2, 0) is 0 Å². The van der Waals surface area contributed by atoms with E-state index in [9.17, 15) is 4.39 Å². The summed E-state index contributed by atoms with van der Waals surface area (Å²) in [6, 6.07) is 0. The molecular formula is C11H19FN4. The summed E-state index contributed by atoms with van der Waals surface area (Å²) >= 11 is 0. The number of nitrogens with zero attached hydrogens (tertiary/aromatic N) is 3. The lowest BCUT2D eigenvalue weighted by Gasteiger charge is -2.18. The average molecular weight is 226 g/mol. The van der Waals surface area contributed by atoms with Crippen molar-refractivity contribution < 1.29 is 4.39 Å². The van der Waals surface area contributed by atoms with Crippen LogP contribution in [0.4, 0.5) is 10.2 Å². The predicted molar refractivity (Wildman–Crippen MR) is 62.9 cm³/mol. The van der Waals surface area contributed by atoms with Crippen molar-refractivity contribution in [3.63, 3.8) is 0 Å². The van der Waals surface area contributed by atoms with Crippen molar-refractivity contribution in [3.05, 3.63) is 17.8 Å². The molecule has 0 spiro atoms. The van der Waals surface area contributed by atoms with Gasteiger partial charge in [-0.3, -0.25) is 0 Å². The highest BCUT2D eigenvalue weighted by atomic mass is 19.1. The molecule has 0 fully saturated rings. The summed E-state index contributed by atoms with van der Waals surface area (Å²) in [5, 5.41) is 0. The standard InChI is InChI=1S/C11H19FN4/c1-9-10(12)11(15-8-14-9)16(2)7-5-3-4-6-13/h8H,3-7,13H2,1-2H3. The maximum Gasteiger partial charge on any atom is 0.186 e. The number of rotatable bonds is 6. The van der Waals surface area contributed by atoms with Gasteiger partial charge >= 0.3 is 0 Å². The largest absolute Gasteiger partial charge is 0.357 e. The molecule has 0 bridgehead atoms. The van der Waals surface area contributed by atoms with Crippen molar-refractivity contribution in [1.82, 2.24) is 9.97 Å². The zero-order chi connectivity index (χ0) is 12.0. The maximum absolute atomic E-state index is 13.6. The minimum Gasteiger partial charge on any atom is -0.357 e. The molecule has 0 aliphatic rings. The van der Waals surface area contributed by atoms with E-state index in [4.69, 9.17) is 5.73 Å². The van der Waals surface area contributed by atoms with Crippen LogP contribution in [0, 0.1) is 12.7 Å². The number of unbranched alkanes of at least 4 members (excludes halogenated alkanes) is 2. The van der Waals surface area contributed by atoms with E-state index < -0.39 is 0 Å². The van der Waals surface area contributed by atoms with Crippen LogP contribution in [0.3, 0.4) is 0 Å². The zero-order valence-corrected chi connectivity index (χ0v) is 9.91. The molecule has 4 nitrogen and oxygen atoms in total. The minimum absolute atomic E-state index is 0.330. The first-order valence-electron chi connectivity index (χ1n) is 5.55. The minimum atomic E-state index is -0.330. The third-order valence-electron chi connectivity index (χ3n) is 2.50. The molecule has 1 aromatic heterocycles. The van der Waals surface area contributed by atoms with Crippen LogP contribution in [0.5, 0.6) is 0 Å². The van der Waals surface area contributed by atoms with Crippen molar-refractivity contribution in [3.8, 4) is 0 Å². The van der Waals surface area contributed by atoms with Gasteiger partial charge < -0.3 is 10.6 Å². The van der Waals surface area contributed by atoms with E-state index in [0.29, 0.717) is 18.1 Å². The molecule has 0 radical (unpaired) electrons. The molecule has 0 atom stereocenters. The quantitative estimate of drug-likeness (QED) is 0.747. The number of hydrogen-bond acceptors (Lipinski definition) is 4. The summed E-state index contributed by atoms with van der Waals surface area (Å²) < 4.78 is 13.6. The Labute approximate surface area is 95.7 Å². The van der Waals surface area contributed by atoms with Crippen LogP contribution in [0.15, 0.2) is 6.33 Å². The van der Waals surface area contributed by atoms with Crippen molar-refractivity contribution in [2.45, 2.75) is 26.2 Å². The van der Waals surface area contributed by atoms with E-state index in [1.165, 1.54) is 6.33 Å². The van der Waals surface area contributed by atoms with Crippen LogP contribution >= 0.6 is 0 Å². The van der Waals surface area contributed by atoms with E-state index in [2.05, 4.69) is 9.97 Å². The van der Waals surface area contributed by atoms with E-state index in [1.54, 1.807) is 6.92 Å². The Hall–Kier alpha value is -1.23. The van der Waals surface area contributed by atoms with E-state index in [0.717, 1.165) is 25.8 Å². The highest BCUT2D eigenvalue weighted by Crippen LogP contribution is 2.16. The summed E-state index contributed by atoms with van der Waals surface area (Å²) in [6.07, 6.45) is 4.46. The summed E-state index contributed by atoms with van der Waals surface area (Å²) in [5.74, 6) is 0.0454. The first-order valence-corrected chi connectivity index (χ1v) is 5.55. The molecule has 1 aromatic rings. The Morgan fingerprint density at radius 1 is 1.31 bits per heavy atom. The Morgan fingerprint density at radius 3 is 2.75 bits per heavy atom. The molecule has 1 rings (SSSR count). The third kappa shape index (κ3) is 3.41. The molecule has 0 saturated heterocycles. The van der Waals surface area contributed by atoms with Gasteiger partial charge in [0.05, 0.1) is 5.69 Å². The van der Waals surface area contributed by atoms with E-state index in [1.807, 2.05) is 11.9 Å². The van der Waals surface area contributed by atoms with Gasteiger partial charge in [-0.05, 0) is 26.3 Å². The predicted octanol–water partition coefficient (Wildman–Crippen LogP) is 1.49. The van der Waals surface area contributed by atoms with Crippen LogP contribution in [0.2, 0.25) is 0 Å². The molecule has 0 amide bonds. The second kappa shape index (κ2) is 6.37. The van der Waals surface area contributed by atoms with Gasteiger partial charge in [-0.15, -0.1) is 0 Å². The smallest absolute Gasteiger partial charge is 0.186 e. The van der Waals surface area contributed by atoms with Crippen LogP contribution in [0.25, 0.3) is 0 Å². The SMILES string of the molecule is Cc1ncnc(N(C)CCCCCN)c1F. The first kappa shape index (κ1) is 12.8. The third-order valence-corrected chi connectivity index (χ3v) is 2.50. The average Bonchev–Trinajstić information content (AvgIpc) is 2.28. The van der Waals surface area contributed by atoms with Crippen LogP contribution in [-0.4, -0.2) is 30.1 Å². The van der Waals surface area contributed by atoms with Crippen LogP contribution < -0.4 is 10.6 Å². The maximum atomic E-state index is 13.6. The highest BCUT2D eigenvalue weighted by molar-refractivity contribution is 5.39. The Bertz CT molecular complexity index is 330. The topological polar surface area (TPSA) is 55.0 Å². The first-order chi connectivity index (χ1) is 7.66. The fourth-order valence-corrected chi connectivity index (χ4v) is 1.49. The molecule has 0 saturated carbocycles. The van der Waals surface area contributed by atoms with E-state index >= 15 is 0 Å². The summed E-state index contributed by atoms with van der Waals surface area (Å²) in [6.45, 7) is 3.14. The van der Waals surface area contributed by atoms with Crippen molar-refractivity contribution in [2.24, 2.45) is 5.73 Å². The van der Waals surface area contributed by atoms with Crippen LogP contribution in [0.1, 0.15) is 25.0 Å². The van der Waals surface area contributed by atoms with Gasteiger partial charge in [0.1, 0.15) is 6.33 Å². The lowest BCUT2D eigenvalue weighted by atomic mass is 10.2. The van der Waals surface area contributed by atoms with Crippen molar-refractivity contribution in [1.29, 1.82) is 0 Å². The number of nitrogens with two attached hydrogens (primary N) is 1. The van der Waals surface area contributed by atoms with Gasteiger partial charge in [0.25, 0.3) is 0 Å². The molecule has 0 unspecified atom stereocenters. The lowest BCUT2D eigenvalue weighted by Crippen LogP contribution is -2.21. The second-order valence-corrected chi connectivity index (χ2v) is 3.87. The molecule has 0 aliphatic heterocycles. The van der Waals surface area contributed by atoms with E-state index in [-0.39, 0.29) is 5.82 Å². The summed E-state index contributed by atoms with van der Waals surface area (Å²) in [4.78, 5) is 9.58. The van der Waals surface area contributed by atoms with Gasteiger partial charge in [0, 0.05) is 13.6 Å². The Kier molecular flexibility index (Phi) is 5.11. The normalized spacial score (nSPS) is 10.5. The number of hydrogen-bond donors (Lipinski definition) is 1. The fourth-order valence-electron chi connectivity index (χ4n) is 1.49. The molecule has 0 aliphatic carbocycles. The molecule has 16 heavy (non-hydrogen) atoms. The number of aromatic nitrogens is 2. The van der Waals surface area contributed by atoms with Gasteiger partial charge in [0.2, 0.25) is 0 Å².